The molecule has 0 aliphatic heterocycles. The fraction of sp³-hybridized carbons (Fsp3) is 0.167. The smallest absolute Gasteiger partial charge is 0.123 e. The minimum Gasteiger partial charge on any atom is -0.207 e. The third-order valence-electron chi connectivity index (χ3n) is 4.64. The first-order valence-corrected chi connectivity index (χ1v) is 8.40. The van der Waals surface area contributed by atoms with E-state index >= 15 is 0 Å². The molecule has 25 heavy (non-hydrogen) atoms. The predicted molar refractivity (Wildman–Crippen MR) is 103 cm³/mol. The lowest BCUT2D eigenvalue weighted by Gasteiger charge is -2.11. The lowest BCUT2D eigenvalue weighted by molar-refractivity contribution is 0.627. The Labute approximate surface area is 149 Å². The highest BCUT2D eigenvalue weighted by atomic mass is 19.1. The van der Waals surface area contributed by atoms with Gasteiger partial charge in [0.25, 0.3) is 0 Å². The molecule has 0 bridgehead atoms. The fourth-order valence-corrected chi connectivity index (χ4v) is 2.74. The molecule has 3 rings (SSSR count). The first-order chi connectivity index (χ1) is 11.9. The number of halogens is 1. The lowest BCUT2D eigenvalue weighted by atomic mass is 9.93. The van der Waals surface area contributed by atoms with Gasteiger partial charge in [0.1, 0.15) is 5.82 Å². The summed E-state index contributed by atoms with van der Waals surface area (Å²) in [5.74, 6) is 6.19. The topological polar surface area (TPSA) is 0 Å². The second kappa shape index (κ2) is 6.95. The van der Waals surface area contributed by atoms with Crippen molar-refractivity contribution in [3.05, 3.63) is 93.8 Å². The van der Waals surface area contributed by atoms with E-state index in [0.717, 1.165) is 16.7 Å². The van der Waals surface area contributed by atoms with Crippen LogP contribution in [0.3, 0.4) is 0 Å². The maximum absolute atomic E-state index is 13.1. The third-order valence-corrected chi connectivity index (χ3v) is 4.64. The average molecular weight is 328 g/mol. The SMILES string of the molecule is Cc1ccc(-c2cc(C)c(C)cc2C#Cc2ccc(F)cc2)cc1C. The van der Waals surface area contributed by atoms with Crippen molar-refractivity contribution >= 4 is 0 Å². The molecule has 0 fully saturated rings. The van der Waals surface area contributed by atoms with Gasteiger partial charge in [-0.3, -0.25) is 0 Å². The Bertz CT molecular complexity index is 983. The summed E-state index contributed by atoms with van der Waals surface area (Å²) in [6.07, 6.45) is 0. The summed E-state index contributed by atoms with van der Waals surface area (Å²) >= 11 is 0. The molecule has 0 aliphatic carbocycles. The first kappa shape index (κ1) is 17.0. The van der Waals surface area contributed by atoms with E-state index in [-0.39, 0.29) is 5.82 Å². The van der Waals surface area contributed by atoms with Crippen molar-refractivity contribution in [1.29, 1.82) is 0 Å². The van der Waals surface area contributed by atoms with Crippen LogP contribution in [0, 0.1) is 45.4 Å². The molecule has 0 unspecified atom stereocenters. The Morgan fingerprint density at radius 1 is 0.640 bits per heavy atom. The molecule has 0 aliphatic rings. The maximum Gasteiger partial charge on any atom is 0.123 e. The van der Waals surface area contributed by atoms with Gasteiger partial charge in [0.2, 0.25) is 0 Å². The van der Waals surface area contributed by atoms with Crippen molar-refractivity contribution in [2.75, 3.05) is 0 Å². The summed E-state index contributed by atoms with van der Waals surface area (Å²) < 4.78 is 13.1. The van der Waals surface area contributed by atoms with Gasteiger partial charge in [-0.1, -0.05) is 30.0 Å². The van der Waals surface area contributed by atoms with E-state index in [2.05, 4.69) is 69.9 Å². The van der Waals surface area contributed by atoms with Gasteiger partial charge >= 0.3 is 0 Å². The van der Waals surface area contributed by atoms with Gasteiger partial charge in [0.05, 0.1) is 0 Å². The third kappa shape index (κ3) is 3.80. The molecule has 3 aromatic carbocycles. The molecule has 0 nitrogen and oxygen atoms in total. The van der Waals surface area contributed by atoms with E-state index in [4.69, 9.17) is 0 Å². The molecule has 0 atom stereocenters. The summed E-state index contributed by atoms with van der Waals surface area (Å²) in [7, 11) is 0. The van der Waals surface area contributed by atoms with E-state index in [1.165, 1.54) is 39.9 Å². The Morgan fingerprint density at radius 3 is 1.96 bits per heavy atom. The van der Waals surface area contributed by atoms with Gasteiger partial charge in [-0.25, -0.2) is 4.39 Å². The van der Waals surface area contributed by atoms with E-state index in [1.807, 2.05) is 0 Å². The second-order valence-corrected chi connectivity index (χ2v) is 6.54. The highest BCUT2D eigenvalue weighted by Crippen LogP contribution is 2.28. The second-order valence-electron chi connectivity index (χ2n) is 6.54. The molecule has 0 spiro atoms. The minimum absolute atomic E-state index is 0.243. The minimum atomic E-state index is -0.243. The van der Waals surface area contributed by atoms with Crippen LogP contribution in [0.5, 0.6) is 0 Å². The highest BCUT2D eigenvalue weighted by molar-refractivity contribution is 5.74. The van der Waals surface area contributed by atoms with Crippen LogP contribution in [0.1, 0.15) is 33.4 Å². The zero-order valence-electron chi connectivity index (χ0n) is 15.1. The van der Waals surface area contributed by atoms with Crippen LogP contribution in [-0.4, -0.2) is 0 Å². The molecule has 0 saturated carbocycles. The van der Waals surface area contributed by atoms with Crippen LogP contribution < -0.4 is 0 Å². The van der Waals surface area contributed by atoms with Gasteiger partial charge in [-0.15, -0.1) is 0 Å². The van der Waals surface area contributed by atoms with Crippen molar-refractivity contribution in [3.63, 3.8) is 0 Å². The fourth-order valence-electron chi connectivity index (χ4n) is 2.74. The van der Waals surface area contributed by atoms with Gasteiger partial charge in [-0.2, -0.15) is 0 Å². The maximum atomic E-state index is 13.1. The Kier molecular flexibility index (Phi) is 4.72. The van der Waals surface area contributed by atoms with Crippen LogP contribution in [0.2, 0.25) is 0 Å². The van der Waals surface area contributed by atoms with Crippen molar-refractivity contribution < 1.29 is 4.39 Å². The molecule has 0 N–H and O–H groups in total. The molecule has 0 radical (unpaired) electrons. The van der Waals surface area contributed by atoms with Gasteiger partial charge in [-0.05, 0) is 97.5 Å². The Hall–Kier alpha value is -2.85. The van der Waals surface area contributed by atoms with E-state index < -0.39 is 0 Å². The lowest BCUT2D eigenvalue weighted by Crippen LogP contribution is -1.91. The molecule has 0 aromatic heterocycles. The summed E-state index contributed by atoms with van der Waals surface area (Å²) in [6.45, 7) is 8.47. The Morgan fingerprint density at radius 2 is 1.28 bits per heavy atom. The molecular weight excluding hydrogens is 307 g/mol. The molecule has 3 aromatic rings. The molecule has 124 valence electrons. The van der Waals surface area contributed by atoms with Crippen LogP contribution in [0.4, 0.5) is 4.39 Å². The highest BCUT2D eigenvalue weighted by Gasteiger charge is 2.07. The van der Waals surface area contributed by atoms with Crippen LogP contribution >= 0.6 is 0 Å². The van der Waals surface area contributed by atoms with E-state index in [9.17, 15) is 4.39 Å². The predicted octanol–water partition coefficient (Wildman–Crippen LogP) is 6.13. The van der Waals surface area contributed by atoms with E-state index in [1.54, 1.807) is 12.1 Å². The number of rotatable bonds is 1. The summed E-state index contributed by atoms with van der Waals surface area (Å²) in [5.41, 5.74) is 9.15. The van der Waals surface area contributed by atoms with Gasteiger partial charge in [0, 0.05) is 11.1 Å². The summed E-state index contributed by atoms with van der Waals surface area (Å²) in [5, 5.41) is 0. The number of aryl methyl sites for hydroxylation is 4. The molecule has 0 saturated heterocycles. The zero-order valence-corrected chi connectivity index (χ0v) is 15.1. The first-order valence-electron chi connectivity index (χ1n) is 8.40. The molecule has 0 amide bonds. The van der Waals surface area contributed by atoms with Crippen LogP contribution in [0.25, 0.3) is 11.1 Å². The largest absolute Gasteiger partial charge is 0.207 e. The van der Waals surface area contributed by atoms with Gasteiger partial charge in [0.15, 0.2) is 0 Å². The van der Waals surface area contributed by atoms with E-state index in [0.29, 0.717) is 0 Å². The normalized spacial score (nSPS) is 10.3. The number of hydrogen-bond acceptors (Lipinski definition) is 0. The summed E-state index contributed by atoms with van der Waals surface area (Å²) in [6, 6.07) is 17.1. The molecule has 0 heterocycles. The quantitative estimate of drug-likeness (QED) is 0.472. The number of benzene rings is 3. The van der Waals surface area contributed by atoms with Gasteiger partial charge < -0.3 is 0 Å². The van der Waals surface area contributed by atoms with Crippen molar-refractivity contribution in [2.45, 2.75) is 27.7 Å². The standard InChI is InChI=1S/C24H21F/c1-16-5-9-21(13-17(16)2)24-15-19(4)18(3)14-22(24)10-6-20-7-11-23(25)12-8-20/h5,7-9,11-15H,1-4H3. The van der Waals surface area contributed by atoms with Crippen molar-refractivity contribution in [3.8, 4) is 23.0 Å². The molecule has 1 heteroatoms. The zero-order chi connectivity index (χ0) is 18.0. The monoisotopic (exact) mass is 328 g/mol. The van der Waals surface area contributed by atoms with Crippen molar-refractivity contribution in [1.82, 2.24) is 0 Å². The van der Waals surface area contributed by atoms with Crippen LogP contribution in [-0.2, 0) is 0 Å². The summed E-state index contributed by atoms with van der Waals surface area (Å²) in [4.78, 5) is 0. The Balaban J connectivity index is 2.11. The average Bonchev–Trinajstić information content (AvgIpc) is 2.59. The number of hydrogen-bond donors (Lipinski definition) is 0. The van der Waals surface area contributed by atoms with Crippen LogP contribution in [0.15, 0.2) is 54.6 Å². The van der Waals surface area contributed by atoms with Crippen molar-refractivity contribution in [2.24, 2.45) is 0 Å². The molecular formula is C24H21F.